The molecule has 0 saturated heterocycles. The lowest BCUT2D eigenvalue weighted by molar-refractivity contribution is -0.122. The Labute approximate surface area is 120 Å². The van der Waals surface area contributed by atoms with Crippen molar-refractivity contribution < 1.29 is 4.79 Å². The molecule has 0 aliphatic carbocycles. The lowest BCUT2D eigenvalue weighted by Crippen LogP contribution is -2.24. The van der Waals surface area contributed by atoms with Gasteiger partial charge in [0, 0.05) is 12.3 Å². The number of rotatable bonds is 4. The van der Waals surface area contributed by atoms with Gasteiger partial charge in [-0.25, -0.2) is 15.4 Å². The fraction of sp³-hybridized carbons (Fsp3) is 0.385. The molecule has 7 heteroatoms. The van der Waals surface area contributed by atoms with Crippen molar-refractivity contribution in [3.63, 3.8) is 0 Å². The largest absolute Gasteiger partial charge is 0.369 e. The van der Waals surface area contributed by atoms with Crippen molar-refractivity contribution in [2.24, 2.45) is 11.0 Å². The molecule has 0 saturated carbocycles. The van der Waals surface area contributed by atoms with Crippen LogP contribution < -0.4 is 10.7 Å². The maximum absolute atomic E-state index is 11.6. The first-order valence-corrected chi connectivity index (χ1v) is 7.31. The highest BCUT2D eigenvalue weighted by Gasteiger charge is 2.26. The Bertz CT molecular complexity index is 693. The third kappa shape index (κ3) is 2.24. The number of carbonyl (C=O) groups excluding carboxylic acids is 1. The minimum atomic E-state index is -0.136. The zero-order valence-electron chi connectivity index (χ0n) is 11.3. The molecule has 2 aromatic heterocycles. The molecule has 1 unspecified atom stereocenters. The number of carbonyl (C=O) groups is 1. The SMILES string of the molecule is CC1=NNC(=O)C1CCNc1ncnc2scc(C)c12. The maximum Gasteiger partial charge on any atom is 0.248 e. The van der Waals surface area contributed by atoms with Crippen LogP contribution in [0.1, 0.15) is 18.9 Å². The summed E-state index contributed by atoms with van der Waals surface area (Å²) in [4.78, 5) is 21.1. The van der Waals surface area contributed by atoms with Gasteiger partial charge in [-0.3, -0.25) is 4.79 Å². The van der Waals surface area contributed by atoms with E-state index >= 15 is 0 Å². The van der Waals surface area contributed by atoms with E-state index in [2.05, 4.69) is 38.1 Å². The third-order valence-electron chi connectivity index (χ3n) is 3.44. The van der Waals surface area contributed by atoms with Gasteiger partial charge >= 0.3 is 0 Å². The number of hydrazone groups is 1. The van der Waals surface area contributed by atoms with Gasteiger partial charge in [0.2, 0.25) is 5.91 Å². The topological polar surface area (TPSA) is 79.3 Å². The van der Waals surface area contributed by atoms with Crippen LogP contribution in [-0.2, 0) is 4.79 Å². The molecular weight excluding hydrogens is 274 g/mol. The van der Waals surface area contributed by atoms with E-state index in [1.54, 1.807) is 17.7 Å². The molecule has 1 atom stereocenters. The first kappa shape index (κ1) is 13.0. The molecule has 6 nitrogen and oxygen atoms in total. The Hall–Kier alpha value is -2.02. The Morgan fingerprint density at radius 1 is 1.40 bits per heavy atom. The number of hydrogen-bond donors (Lipinski definition) is 2. The second-order valence-corrected chi connectivity index (χ2v) is 5.68. The molecule has 0 spiro atoms. The summed E-state index contributed by atoms with van der Waals surface area (Å²) >= 11 is 1.61. The Morgan fingerprint density at radius 3 is 3.00 bits per heavy atom. The van der Waals surface area contributed by atoms with Gasteiger partial charge in [-0.2, -0.15) is 5.10 Å². The van der Waals surface area contributed by atoms with Crippen LogP contribution in [0.25, 0.3) is 10.2 Å². The highest BCUT2D eigenvalue weighted by atomic mass is 32.1. The molecule has 0 bridgehead atoms. The summed E-state index contributed by atoms with van der Waals surface area (Å²) in [5, 5.41) is 10.4. The standard InChI is InChI=1S/C13H15N5OS/c1-7-5-20-13-10(7)11(15-6-16-13)14-4-3-9-8(2)17-18-12(9)19/h5-6,9H,3-4H2,1-2H3,(H,18,19)(H,14,15,16). The van der Waals surface area contributed by atoms with Crippen LogP contribution in [0.3, 0.4) is 0 Å². The molecule has 0 fully saturated rings. The van der Waals surface area contributed by atoms with Crippen molar-refractivity contribution in [2.75, 3.05) is 11.9 Å². The van der Waals surface area contributed by atoms with E-state index in [4.69, 9.17) is 0 Å². The van der Waals surface area contributed by atoms with E-state index in [1.807, 2.05) is 6.92 Å². The van der Waals surface area contributed by atoms with Crippen molar-refractivity contribution in [1.29, 1.82) is 0 Å². The molecule has 2 aromatic rings. The summed E-state index contributed by atoms with van der Waals surface area (Å²) in [7, 11) is 0. The van der Waals surface area contributed by atoms with Crippen LogP contribution in [0, 0.1) is 12.8 Å². The minimum absolute atomic E-state index is 0.0242. The fourth-order valence-electron chi connectivity index (χ4n) is 2.32. The van der Waals surface area contributed by atoms with Crippen LogP contribution in [-0.4, -0.2) is 28.1 Å². The zero-order valence-corrected chi connectivity index (χ0v) is 12.1. The number of nitrogens with one attached hydrogen (secondary N) is 2. The van der Waals surface area contributed by atoms with E-state index in [0.717, 1.165) is 21.7 Å². The summed E-state index contributed by atoms with van der Waals surface area (Å²) in [6.45, 7) is 4.59. The second kappa shape index (κ2) is 5.16. The second-order valence-electron chi connectivity index (χ2n) is 4.82. The smallest absolute Gasteiger partial charge is 0.248 e. The van der Waals surface area contributed by atoms with E-state index < -0.39 is 0 Å². The quantitative estimate of drug-likeness (QED) is 0.901. The van der Waals surface area contributed by atoms with Gasteiger partial charge in [0.1, 0.15) is 17.0 Å². The number of aryl methyl sites for hydroxylation is 1. The molecule has 3 heterocycles. The number of hydrogen-bond acceptors (Lipinski definition) is 6. The number of nitrogens with zero attached hydrogens (tertiary/aromatic N) is 3. The van der Waals surface area contributed by atoms with Crippen molar-refractivity contribution in [3.05, 3.63) is 17.3 Å². The number of aromatic nitrogens is 2. The molecule has 1 aliphatic heterocycles. The van der Waals surface area contributed by atoms with E-state index in [-0.39, 0.29) is 11.8 Å². The van der Waals surface area contributed by atoms with Gasteiger partial charge in [-0.15, -0.1) is 11.3 Å². The van der Waals surface area contributed by atoms with Gasteiger partial charge in [0.25, 0.3) is 0 Å². The van der Waals surface area contributed by atoms with Gasteiger partial charge in [-0.05, 0) is 31.2 Å². The van der Waals surface area contributed by atoms with Gasteiger partial charge in [-0.1, -0.05) is 0 Å². The Balaban J connectivity index is 1.70. The van der Waals surface area contributed by atoms with E-state index in [9.17, 15) is 4.79 Å². The molecular formula is C13H15N5OS. The lowest BCUT2D eigenvalue weighted by Gasteiger charge is -2.10. The molecule has 1 amide bonds. The summed E-state index contributed by atoms with van der Waals surface area (Å²) < 4.78 is 0. The van der Waals surface area contributed by atoms with Gasteiger partial charge in [0.05, 0.1) is 11.3 Å². The summed E-state index contributed by atoms with van der Waals surface area (Å²) in [6.07, 6.45) is 2.27. The van der Waals surface area contributed by atoms with Gasteiger partial charge < -0.3 is 5.32 Å². The molecule has 3 rings (SSSR count). The highest BCUT2D eigenvalue weighted by molar-refractivity contribution is 7.17. The summed E-state index contributed by atoms with van der Waals surface area (Å²) in [5.41, 5.74) is 4.51. The van der Waals surface area contributed by atoms with Crippen LogP contribution in [0.5, 0.6) is 0 Å². The van der Waals surface area contributed by atoms with E-state index in [0.29, 0.717) is 13.0 Å². The fourth-order valence-corrected chi connectivity index (χ4v) is 3.20. The normalized spacial score (nSPS) is 18.2. The van der Waals surface area contributed by atoms with Crippen molar-refractivity contribution in [1.82, 2.24) is 15.4 Å². The first-order chi connectivity index (χ1) is 9.66. The molecule has 20 heavy (non-hydrogen) atoms. The predicted molar refractivity (Wildman–Crippen MR) is 80.0 cm³/mol. The van der Waals surface area contributed by atoms with Crippen molar-refractivity contribution in [3.8, 4) is 0 Å². The molecule has 0 aromatic carbocycles. The van der Waals surface area contributed by atoms with Crippen LogP contribution in [0.4, 0.5) is 5.82 Å². The summed E-state index contributed by atoms with van der Waals surface area (Å²) in [5.74, 6) is 0.675. The van der Waals surface area contributed by atoms with E-state index in [1.165, 1.54) is 5.56 Å². The predicted octanol–water partition coefficient (Wildman–Crippen LogP) is 1.92. The first-order valence-electron chi connectivity index (χ1n) is 6.43. The zero-order chi connectivity index (χ0) is 14.1. The summed E-state index contributed by atoms with van der Waals surface area (Å²) in [6, 6.07) is 0. The lowest BCUT2D eigenvalue weighted by atomic mass is 10.0. The number of thiophene rings is 1. The maximum atomic E-state index is 11.6. The van der Waals surface area contributed by atoms with Crippen LogP contribution >= 0.6 is 11.3 Å². The number of anilines is 1. The number of amides is 1. The third-order valence-corrected chi connectivity index (χ3v) is 4.45. The Morgan fingerprint density at radius 2 is 2.25 bits per heavy atom. The van der Waals surface area contributed by atoms with Crippen molar-refractivity contribution >= 4 is 39.0 Å². The minimum Gasteiger partial charge on any atom is -0.369 e. The molecule has 104 valence electrons. The highest BCUT2D eigenvalue weighted by Crippen LogP contribution is 2.28. The van der Waals surface area contributed by atoms with Crippen LogP contribution in [0.15, 0.2) is 16.8 Å². The molecule has 2 N–H and O–H groups in total. The average molecular weight is 289 g/mol. The average Bonchev–Trinajstić information content (AvgIpc) is 2.97. The van der Waals surface area contributed by atoms with Crippen LogP contribution in [0.2, 0.25) is 0 Å². The molecule has 0 radical (unpaired) electrons. The number of fused-ring (bicyclic) bond motifs is 1. The Kier molecular flexibility index (Phi) is 3.35. The molecule has 1 aliphatic rings. The van der Waals surface area contributed by atoms with Gasteiger partial charge in [0.15, 0.2) is 0 Å². The monoisotopic (exact) mass is 289 g/mol. The van der Waals surface area contributed by atoms with Crippen molar-refractivity contribution in [2.45, 2.75) is 20.3 Å².